The maximum absolute atomic E-state index is 11.0. The Balaban J connectivity index is 2.43. The van der Waals surface area contributed by atoms with Crippen molar-refractivity contribution < 1.29 is 4.79 Å². The normalized spacial score (nSPS) is 9.55. The first-order valence-electron chi connectivity index (χ1n) is 2.96. The molecule has 1 amide bonds. The number of halogens is 1. The van der Waals surface area contributed by atoms with Crippen LogP contribution in [0.5, 0.6) is 0 Å². The molecule has 0 atom stereocenters. The fourth-order valence-electron chi connectivity index (χ4n) is 0.515. The highest BCUT2D eigenvalue weighted by Crippen LogP contribution is 1.95. The minimum Gasteiger partial charge on any atom is -0.350 e. The van der Waals surface area contributed by atoms with Gasteiger partial charge in [0, 0.05) is 17.3 Å². The molecule has 0 spiro atoms. The molecular weight excluding hydrogens is 230 g/mol. The van der Waals surface area contributed by atoms with Crippen LogP contribution in [-0.4, -0.2) is 27.4 Å². The maximum Gasteiger partial charge on any atom is 0.272 e. The van der Waals surface area contributed by atoms with Gasteiger partial charge < -0.3 is 5.32 Å². The van der Waals surface area contributed by atoms with Crippen LogP contribution in [0.3, 0.4) is 0 Å². The summed E-state index contributed by atoms with van der Waals surface area (Å²) in [4.78, 5) is 11.0. The van der Waals surface area contributed by atoms with Crippen LogP contribution >= 0.6 is 27.5 Å². The lowest BCUT2D eigenvalue weighted by atomic mass is 10.4. The van der Waals surface area contributed by atoms with Crippen molar-refractivity contribution in [2.75, 3.05) is 11.9 Å². The zero-order valence-electron chi connectivity index (χ0n) is 5.58. The molecule has 1 N–H and O–H groups in total. The minimum atomic E-state index is -0.168. The number of amides is 1. The van der Waals surface area contributed by atoms with E-state index in [1.165, 1.54) is 11.5 Å². The maximum atomic E-state index is 11.0. The van der Waals surface area contributed by atoms with Gasteiger partial charge in [-0.15, -0.1) is 5.10 Å². The molecule has 0 aromatic carbocycles. The summed E-state index contributed by atoms with van der Waals surface area (Å²) in [6.45, 7) is 0.607. The Morgan fingerprint density at radius 3 is 3.18 bits per heavy atom. The van der Waals surface area contributed by atoms with Crippen molar-refractivity contribution >= 4 is 33.4 Å². The molecule has 0 fully saturated rings. The molecule has 0 saturated carbocycles. The van der Waals surface area contributed by atoms with Crippen LogP contribution < -0.4 is 5.32 Å². The zero-order chi connectivity index (χ0) is 8.10. The van der Waals surface area contributed by atoms with E-state index in [1.54, 1.807) is 5.38 Å². The van der Waals surface area contributed by atoms with Gasteiger partial charge in [-0.1, -0.05) is 20.4 Å². The van der Waals surface area contributed by atoms with E-state index >= 15 is 0 Å². The van der Waals surface area contributed by atoms with Gasteiger partial charge in [0.15, 0.2) is 5.69 Å². The van der Waals surface area contributed by atoms with E-state index in [-0.39, 0.29) is 5.91 Å². The Bertz CT molecular complexity index is 226. The first-order valence-corrected chi connectivity index (χ1v) is 4.91. The first kappa shape index (κ1) is 8.61. The number of nitrogens with one attached hydrogen (secondary N) is 1. The SMILES string of the molecule is O=C(NCCBr)c1csnn1. The van der Waals surface area contributed by atoms with Crippen molar-refractivity contribution in [3.8, 4) is 0 Å². The molecule has 0 bridgehead atoms. The average molecular weight is 236 g/mol. The van der Waals surface area contributed by atoms with Gasteiger partial charge in [-0.25, -0.2) is 0 Å². The number of rotatable bonds is 3. The van der Waals surface area contributed by atoms with Gasteiger partial charge in [-0.05, 0) is 11.5 Å². The molecule has 6 heteroatoms. The summed E-state index contributed by atoms with van der Waals surface area (Å²) in [6.07, 6.45) is 0. The second-order valence-electron chi connectivity index (χ2n) is 1.74. The van der Waals surface area contributed by atoms with Crippen LogP contribution in [0.2, 0.25) is 0 Å². The van der Waals surface area contributed by atoms with Crippen molar-refractivity contribution in [2.24, 2.45) is 0 Å². The van der Waals surface area contributed by atoms with E-state index in [1.807, 2.05) is 0 Å². The summed E-state index contributed by atoms with van der Waals surface area (Å²) in [5, 5.41) is 8.62. The molecule has 11 heavy (non-hydrogen) atoms. The van der Waals surface area contributed by atoms with E-state index in [0.29, 0.717) is 12.2 Å². The second kappa shape index (κ2) is 4.40. The predicted molar refractivity (Wildman–Crippen MR) is 46.0 cm³/mol. The third kappa shape index (κ3) is 2.55. The minimum absolute atomic E-state index is 0.168. The van der Waals surface area contributed by atoms with Gasteiger partial charge in [-0.2, -0.15) is 0 Å². The number of hydrogen-bond acceptors (Lipinski definition) is 4. The molecule has 0 aliphatic carbocycles. The molecule has 0 aliphatic rings. The number of hydrogen-bond donors (Lipinski definition) is 1. The monoisotopic (exact) mass is 235 g/mol. The van der Waals surface area contributed by atoms with Crippen molar-refractivity contribution in [1.82, 2.24) is 14.9 Å². The molecular formula is C5H6BrN3OS. The van der Waals surface area contributed by atoms with Crippen LogP contribution in [0.1, 0.15) is 10.5 Å². The molecule has 1 aromatic rings. The average Bonchev–Trinajstić information content (AvgIpc) is 2.52. The molecule has 4 nitrogen and oxygen atoms in total. The van der Waals surface area contributed by atoms with E-state index in [0.717, 1.165) is 5.33 Å². The Morgan fingerprint density at radius 1 is 1.82 bits per heavy atom. The van der Waals surface area contributed by atoms with Gasteiger partial charge in [-0.3, -0.25) is 4.79 Å². The van der Waals surface area contributed by atoms with Crippen LogP contribution in [0, 0.1) is 0 Å². The fourth-order valence-corrected chi connectivity index (χ4v) is 1.15. The van der Waals surface area contributed by atoms with E-state index in [2.05, 4.69) is 30.8 Å². The van der Waals surface area contributed by atoms with Crippen molar-refractivity contribution in [3.05, 3.63) is 11.1 Å². The smallest absolute Gasteiger partial charge is 0.272 e. The lowest BCUT2D eigenvalue weighted by molar-refractivity contribution is 0.0951. The molecule has 1 rings (SSSR count). The van der Waals surface area contributed by atoms with Gasteiger partial charge in [0.2, 0.25) is 0 Å². The Kier molecular flexibility index (Phi) is 3.44. The Hall–Kier alpha value is -0.490. The Labute approximate surface area is 76.3 Å². The highest BCUT2D eigenvalue weighted by molar-refractivity contribution is 9.09. The lowest BCUT2D eigenvalue weighted by Gasteiger charge is -1.96. The molecule has 1 heterocycles. The van der Waals surface area contributed by atoms with E-state index in [9.17, 15) is 4.79 Å². The number of carbonyl (C=O) groups is 1. The summed E-state index contributed by atoms with van der Waals surface area (Å²) >= 11 is 4.36. The van der Waals surface area contributed by atoms with Crippen LogP contribution in [0.25, 0.3) is 0 Å². The highest BCUT2D eigenvalue weighted by atomic mass is 79.9. The summed E-state index contributed by atoms with van der Waals surface area (Å²) < 4.78 is 3.57. The van der Waals surface area contributed by atoms with Gasteiger partial charge in [0.05, 0.1) is 0 Å². The molecule has 0 aliphatic heterocycles. The number of nitrogens with zero attached hydrogens (tertiary/aromatic N) is 2. The molecule has 60 valence electrons. The van der Waals surface area contributed by atoms with E-state index in [4.69, 9.17) is 0 Å². The zero-order valence-corrected chi connectivity index (χ0v) is 7.98. The first-order chi connectivity index (χ1) is 5.34. The molecule has 1 aromatic heterocycles. The number of aromatic nitrogens is 2. The van der Waals surface area contributed by atoms with Crippen LogP contribution in [0.4, 0.5) is 0 Å². The Morgan fingerprint density at radius 2 is 2.64 bits per heavy atom. The number of alkyl halides is 1. The van der Waals surface area contributed by atoms with Gasteiger partial charge >= 0.3 is 0 Å². The molecule has 0 radical (unpaired) electrons. The topological polar surface area (TPSA) is 54.9 Å². The van der Waals surface area contributed by atoms with E-state index < -0.39 is 0 Å². The predicted octanol–water partition coefficient (Wildman–Crippen LogP) is 0.663. The summed E-state index contributed by atoms with van der Waals surface area (Å²) in [6, 6.07) is 0. The van der Waals surface area contributed by atoms with Gasteiger partial charge in [0.1, 0.15) is 0 Å². The standard InChI is InChI=1S/C5H6BrN3OS/c6-1-2-7-5(10)4-3-11-9-8-4/h3H,1-2H2,(H,7,10). The molecule has 0 saturated heterocycles. The summed E-state index contributed by atoms with van der Waals surface area (Å²) in [7, 11) is 0. The summed E-state index contributed by atoms with van der Waals surface area (Å²) in [5.74, 6) is -0.168. The highest BCUT2D eigenvalue weighted by Gasteiger charge is 2.05. The van der Waals surface area contributed by atoms with Crippen molar-refractivity contribution in [1.29, 1.82) is 0 Å². The van der Waals surface area contributed by atoms with Crippen LogP contribution in [0.15, 0.2) is 5.38 Å². The third-order valence-corrected chi connectivity index (χ3v) is 1.87. The lowest BCUT2D eigenvalue weighted by Crippen LogP contribution is -2.25. The van der Waals surface area contributed by atoms with Crippen LogP contribution in [-0.2, 0) is 0 Å². The largest absolute Gasteiger partial charge is 0.350 e. The summed E-state index contributed by atoms with van der Waals surface area (Å²) in [5.41, 5.74) is 0.385. The fraction of sp³-hybridized carbons (Fsp3) is 0.400. The number of carbonyl (C=O) groups excluding carboxylic acids is 1. The van der Waals surface area contributed by atoms with Gasteiger partial charge in [0.25, 0.3) is 5.91 Å². The quantitative estimate of drug-likeness (QED) is 0.784. The third-order valence-electron chi connectivity index (χ3n) is 0.973. The van der Waals surface area contributed by atoms with Crippen molar-refractivity contribution in [2.45, 2.75) is 0 Å². The second-order valence-corrected chi connectivity index (χ2v) is 3.14. The van der Waals surface area contributed by atoms with Crippen molar-refractivity contribution in [3.63, 3.8) is 0 Å². The molecule has 0 unspecified atom stereocenters.